The van der Waals surface area contributed by atoms with Crippen molar-refractivity contribution < 1.29 is 28.6 Å². The fourth-order valence-corrected chi connectivity index (χ4v) is 3.94. The van der Waals surface area contributed by atoms with Gasteiger partial charge in [0.1, 0.15) is 23.7 Å². The van der Waals surface area contributed by atoms with E-state index in [1.54, 1.807) is 24.3 Å². The molecule has 0 saturated heterocycles. The molecule has 33 heavy (non-hydrogen) atoms. The molecule has 4 rings (SSSR count). The third-order valence-corrected chi connectivity index (χ3v) is 5.56. The van der Waals surface area contributed by atoms with Gasteiger partial charge >= 0.3 is 5.97 Å². The molecule has 1 amide bonds. The van der Waals surface area contributed by atoms with Gasteiger partial charge in [-0.25, -0.2) is 18.6 Å². The summed E-state index contributed by atoms with van der Waals surface area (Å²) in [6, 6.07) is 12.5. The molecule has 0 aliphatic carbocycles. The van der Waals surface area contributed by atoms with E-state index in [-0.39, 0.29) is 24.1 Å². The van der Waals surface area contributed by atoms with Crippen LogP contribution in [-0.2, 0) is 6.54 Å². The van der Waals surface area contributed by atoms with Crippen LogP contribution in [0.15, 0.2) is 60.8 Å². The number of aliphatic hydroxyl groups excluding tert-OH is 1. The van der Waals surface area contributed by atoms with Gasteiger partial charge in [0.25, 0.3) is 5.91 Å². The third-order valence-electron chi connectivity index (χ3n) is 5.56. The first kappa shape index (κ1) is 22.3. The zero-order valence-electron chi connectivity index (χ0n) is 17.4. The molecule has 2 atom stereocenters. The lowest BCUT2D eigenvalue weighted by molar-refractivity contribution is 0.0676. The number of pyridine rings is 1. The number of hydrogen-bond donors (Lipinski definition) is 3. The molecule has 2 heterocycles. The minimum Gasteiger partial charge on any atom is -0.478 e. The Labute approximate surface area is 188 Å². The summed E-state index contributed by atoms with van der Waals surface area (Å²) in [4.78, 5) is 29.4. The number of amides is 1. The van der Waals surface area contributed by atoms with Crippen LogP contribution in [0.25, 0.3) is 0 Å². The Kier molecular flexibility index (Phi) is 6.32. The lowest BCUT2D eigenvalue weighted by Gasteiger charge is -2.26. The van der Waals surface area contributed by atoms with E-state index in [2.05, 4.69) is 10.3 Å². The molecule has 0 spiro atoms. The van der Waals surface area contributed by atoms with Gasteiger partial charge in [0.05, 0.1) is 17.2 Å². The van der Waals surface area contributed by atoms with Crippen molar-refractivity contribution in [3.05, 3.63) is 94.7 Å². The van der Waals surface area contributed by atoms with Gasteiger partial charge in [-0.05, 0) is 54.3 Å². The van der Waals surface area contributed by atoms with E-state index in [9.17, 15) is 23.5 Å². The molecule has 1 aliphatic heterocycles. The molecule has 3 aromatic rings. The number of carbonyl (C=O) groups excluding carboxylic acids is 1. The molecule has 3 N–H and O–H groups in total. The molecule has 1 aromatic heterocycles. The maximum atomic E-state index is 14.4. The normalized spacial score (nSPS) is 15.9. The van der Waals surface area contributed by atoms with Crippen LogP contribution in [0.1, 0.15) is 50.7 Å². The summed E-state index contributed by atoms with van der Waals surface area (Å²) < 4.78 is 27.7. The monoisotopic (exact) mass is 453 g/mol. The smallest absolute Gasteiger partial charge is 0.337 e. The predicted molar refractivity (Wildman–Crippen MR) is 115 cm³/mol. The summed E-state index contributed by atoms with van der Waals surface area (Å²) in [5.74, 6) is -2.26. The largest absolute Gasteiger partial charge is 0.478 e. The number of rotatable bonds is 8. The first-order valence-corrected chi connectivity index (χ1v) is 10.3. The second-order valence-corrected chi connectivity index (χ2v) is 7.75. The van der Waals surface area contributed by atoms with Crippen LogP contribution in [0.4, 0.5) is 14.6 Å². The number of nitrogens with one attached hydrogen (secondary N) is 1. The van der Waals surface area contributed by atoms with Crippen molar-refractivity contribution in [2.45, 2.75) is 31.7 Å². The van der Waals surface area contributed by atoms with Gasteiger partial charge < -0.3 is 20.4 Å². The highest BCUT2D eigenvalue weighted by molar-refractivity contribution is 5.99. The van der Waals surface area contributed by atoms with Crippen molar-refractivity contribution in [2.24, 2.45) is 0 Å². The van der Waals surface area contributed by atoms with Gasteiger partial charge in [0, 0.05) is 12.7 Å². The molecule has 2 aromatic carbocycles. The molecule has 170 valence electrons. The van der Waals surface area contributed by atoms with E-state index in [1.165, 1.54) is 41.4 Å². The van der Waals surface area contributed by atoms with Crippen LogP contribution in [0.5, 0.6) is 0 Å². The number of benzene rings is 2. The first-order valence-electron chi connectivity index (χ1n) is 10.3. The first-order chi connectivity index (χ1) is 15.8. The van der Waals surface area contributed by atoms with Gasteiger partial charge in [-0.3, -0.25) is 4.79 Å². The third kappa shape index (κ3) is 4.83. The lowest BCUT2D eigenvalue weighted by Crippen LogP contribution is -2.29. The van der Waals surface area contributed by atoms with Crippen LogP contribution in [-0.4, -0.2) is 38.2 Å². The van der Waals surface area contributed by atoms with E-state index in [1.807, 2.05) is 0 Å². The molecule has 9 heteroatoms. The number of carbonyl (C=O) groups is 2. The van der Waals surface area contributed by atoms with E-state index >= 15 is 0 Å². The zero-order chi connectivity index (χ0) is 23.5. The number of fused-ring (bicyclic) bond motifs is 1. The summed E-state index contributed by atoms with van der Waals surface area (Å²) >= 11 is 0. The van der Waals surface area contributed by atoms with Crippen LogP contribution in [0.2, 0.25) is 0 Å². The zero-order valence-corrected chi connectivity index (χ0v) is 17.4. The molecular formula is C24H21F2N3O4. The van der Waals surface area contributed by atoms with Gasteiger partial charge in [-0.1, -0.05) is 24.3 Å². The topological polar surface area (TPSA) is 103 Å². The highest BCUT2D eigenvalue weighted by Crippen LogP contribution is 2.39. The Balaban J connectivity index is 1.49. The van der Waals surface area contributed by atoms with E-state index in [0.29, 0.717) is 23.4 Å². The van der Waals surface area contributed by atoms with E-state index in [4.69, 9.17) is 5.11 Å². The number of anilines is 1. The quantitative estimate of drug-likeness (QED) is 0.446. The molecule has 0 fully saturated rings. The number of carboxylic acid groups (broad SMARTS) is 1. The SMILES string of the molecule is O=C(O)c1ccc(NC(O)CCC2c3cccc(F)c3C(=O)N2Cc2ccc(F)cc2)nc1. The summed E-state index contributed by atoms with van der Waals surface area (Å²) in [5, 5.41) is 22.2. The molecule has 7 nitrogen and oxygen atoms in total. The van der Waals surface area contributed by atoms with E-state index < -0.39 is 35.8 Å². The standard InChI is InChI=1S/C24H21F2N3O4/c25-16-7-4-14(5-8-16)13-29-19(17-2-1-3-18(26)22(17)23(29)31)9-11-21(30)28-20-10-6-15(12-27-20)24(32)33/h1-8,10,12,19,21,30H,9,11,13H2,(H,27,28)(H,32,33). The molecule has 0 radical (unpaired) electrons. The number of halogens is 2. The average molecular weight is 453 g/mol. The number of aromatic nitrogens is 1. The summed E-state index contributed by atoms with van der Waals surface area (Å²) in [6.07, 6.45) is 0.672. The highest BCUT2D eigenvalue weighted by Gasteiger charge is 2.38. The Bertz CT molecular complexity index is 1170. The molecule has 0 saturated carbocycles. The Morgan fingerprint density at radius 2 is 1.88 bits per heavy atom. The van der Waals surface area contributed by atoms with Gasteiger partial charge in [-0.15, -0.1) is 0 Å². The molecule has 2 unspecified atom stereocenters. The van der Waals surface area contributed by atoms with Crippen molar-refractivity contribution in [3.63, 3.8) is 0 Å². The minimum atomic E-state index is -1.10. The second kappa shape index (κ2) is 9.33. The predicted octanol–water partition coefficient (Wildman–Crippen LogP) is 3.97. The maximum absolute atomic E-state index is 14.4. The Morgan fingerprint density at radius 1 is 1.12 bits per heavy atom. The van der Waals surface area contributed by atoms with Crippen LogP contribution in [0, 0.1) is 11.6 Å². The lowest BCUT2D eigenvalue weighted by atomic mass is 9.99. The fourth-order valence-electron chi connectivity index (χ4n) is 3.94. The van der Waals surface area contributed by atoms with Gasteiger partial charge in [-0.2, -0.15) is 0 Å². The molecular weight excluding hydrogens is 432 g/mol. The van der Waals surface area contributed by atoms with Crippen molar-refractivity contribution in [1.82, 2.24) is 9.88 Å². The second-order valence-electron chi connectivity index (χ2n) is 7.75. The molecule has 1 aliphatic rings. The Morgan fingerprint density at radius 3 is 2.55 bits per heavy atom. The van der Waals surface area contributed by atoms with Crippen molar-refractivity contribution in [2.75, 3.05) is 5.32 Å². The minimum absolute atomic E-state index is 0.0120. The van der Waals surface area contributed by atoms with Crippen molar-refractivity contribution >= 4 is 17.7 Å². The Hall–Kier alpha value is -3.85. The molecule has 0 bridgehead atoms. The highest BCUT2D eigenvalue weighted by atomic mass is 19.1. The van der Waals surface area contributed by atoms with Gasteiger partial charge in [0.2, 0.25) is 0 Å². The van der Waals surface area contributed by atoms with Crippen molar-refractivity contribution in [3.8, 4) is 0 Å². The number of hydrogen-bond acceptors (Lipinski definition) is 5. The number of aliphatic hydroxyl groups is 1. The number of carboxylic acids is 1. The average Bonchev–Trinajstić information content (AvgIpc) is 3.06. The summed E-state index contributed by atoms with van der Waals surface area (Å²) in [6.45, 7) is 0.166. The summed E-state index contributed by atoms with van der Waals surface area (Å²) in [7, 11) is 0. The summed E-state index contributed by atoms with van der Waals surface area (Å²) in [5.41, 5.74) is 1.27. The van der Waals surface area contributed by atoms with E-state index in [0.717, 1.165) is 0 Å². The fraction of sp³-hybridized carbons (Fsp3) is 0.208. The van der Waals surface area contributed by atoms with Crippen LogP contribution >= 0.6 is 0 Å². The number of nitrogens with zero attached hydrogens (tertiary/aromatic N) is 2. The van der Waals surface area contributed by atoms with Crippen LogP contribution in [0.3, 0.4) is 0 Å². The van der Waals surface area contributed by atoms with Crippen molar-refractivity contribution in [1.29, 1.82) is 0 Å². The maximum Gasteiger partial charge on any atom is 0.337 e. The van der Waals surface area contributed by atoms with Gasteiger partial charge in [0.15, 0.2) is 0 Å². The number of aromatic carboxylic acids is 1. The van der Waals surface area contributed by atoms with Crippen LogP contribution < -0.4 is 5.32 Å².